The maximum Gasteiger partial charge on any atom is 0.299 e. The minimum Gasteiger partial charge on any atom is -0.325 e. The first kappa shape index (κ1) is 13.2. The summed E-state index contributed by atoms with van der Waals surface area (Å²) in [5.41, 5.74) is 5.53. The van der Waals surface area contributed by atoms with Crippen molar-refractivity contribution in [2.75, 3.05) is 5.32 Å². The molecule has 2 N–H and O–H groups in total. The minimum absolute atomic E-state index is 0.00465. The molecule has 0 bridgehead atoms. The van der Waals surface area contributed by atoms with E-state index in [9.17, 15) is 9.59 Å². The van der Waals surface area contributed by atoms with Gasteiger partial charge in [0.25, 0.3) is 5.24 Å². The molecule has 1 aromatic rings. The van der Waals surface area contributed by atoms with Gasteiger partial charge in [0.1, 0.15) is 0 Å². The summed E-state index contributed by atoms with van der Waals surface area (Å²) in [6.07, 6.45) is 0. The fraction of sp³-hybridized carbons (Fsp3) is 0.357. The fourth-order valence-corrected chi connectivity index (χ4v) is 3.19. The molecule has 0 fully saturated rings. The molecule has 2 amide bonds. The second kappa shape index (κ2) is 4.34. The van der Waals surface area contributed by atoms with Crippen molar-refractivity contribution in [2.24, 2.45) is 5.10 Å². The molecule has 20 heavy (non-hydrogen) atoms. The van der Waals surface area contributed by atoms with Crippen molar-refractivity contribution < 1.29 is 9.59 Å². The molecule has 0 saturated carbocycles. The van der Waals surface area contributed by atoms with Gasteiger partial charge in [-0.1, -0.05) is 17.8 Å². The van der Waals surface area contributed by atoms with Crippen molar-refractivity contribution in [1.82, 2.24) is 5.43 Å². The maximum atomic E-state index is 11.9. The molecule has 2 aliphatic rings. The molecular weight excluding hydrogens is 274 g/mol. The Labute approximate surface area is 121 Å². The van der Waals surface area contributed by atoms with Crippen LogP contribution in [-0.2, 0) is 10.2 Å². The van der Waals surface area contributed by atoms with Gasteiger partial charge in [-0.3, -0.25) is 9.59 Å². The number of carbonyl (C=O) groups is 2. The Hall–Kier alpha value is -1.82. The quantitative estimate of drug-likeness (QED) is 0.834. The van der Waals surface area contributed by atoms with E-state index >= 15 is 0 Å². The van der Waals surface area contributed by atoms with Crippen LogP contribution < -0.4 is 10.7 Å². The van der Waals surface area contributed by atoms with Crippen LogP contribution in [0, 0.1) is 0 Å². The second-order valence-corrected chi connectivity index (χ2v) is 6.81. The van der Waals surface area contributed by atoms with E-state index in [-0.39, 0.29) is 16.4 Å². The molecule has 0 spiro atoms. The van der Waals surface area contributed by atoms with Gasteiger partial charge in [-0.25, -0.2) is 5.43 Å². The molecule has 0 saturated heterocycles. The van der Waals surface area contributed by atoms with Crippen molar-refractivity contribution in [2.45, 2.75) is 31.4 Å². The average Bonchev–Trinajstić information content (AvgIpc) is 2.60. The van der Waals surface area contributed by atoms with Gasteiger partial charge >= 0.3 is 0 Å². The molecule has 104 valence electrons. The van der Waals surface area contributed by atoms with Crippen LogP contribution in [0.1, 0.15) is 31.9 Å². The summed E-state index contributed by atoms with van der Waals surface area (Å²) in [6.45, 7) is 5.76. The van der Waals surface area contributed by atoms with E-state index < -0.39 is 5.41 Å². The highest BCUT2D eigenvalue weighted by Gasteiger charge is 2.38. The third-order valence-electron chi connectivity index (χ3n) is 3.74. The molecule has 0 aromatic heterocycles. The molecular formula is C14H15N3O2S. The van der Waals surface area contributed by atoms with E-state index in [2.05, 4.69) is 15.8 Å². The molecule has 0 unspecified atom stereocenters. The summed E-state index contributed by atoms with van der Waals surface area (Å²) in [6, 6.07) is 5.81. The number of hydrogen-bond acceptors (Lipinski definition) is 4. The number of nitrogens with zero attached hydrogens (tertiary/aromatic N) is 1. The lowest BCUT2D eigenvalue weighted by Gasteiger charge is -2.20. The molecule has 2 aliphatic heterocycles. The number of anilines is 1. The van der Waals surface area contributed by atoms with Crippen LogP contribution in [0.3, 0.4) is 0 Å². The lowest BCUT2D eigenvalue weighted by molar-refractivity contribution is -0.119. The van der Waals surface area contributed by atoms with E-state index in [1.54, 1.807) is 0 Å². The van der Waals surface area contributed by atoms with Crippen molar-refractivity contribution in [3.8, 4) is 0 Å². The zero-order valence-corrected chi connectivity index (χ0v) is 12.3. The molecule has 0 aliphatic carbocycles. The monoisotopic (exact) mass is 289 g/mol. The first-order valence-electron chi connectivity index (χ1n) is 6.40. The number of benzene rings is 1. The Morgan fingerprint density at radius 1 is 1.30 bits per heavy atom. The van der Waals surface area contributed by atoms with E-state index in [1.807, 2.05) is 39.0 Å². The summed E-state index contributed by atoms with van der Waals surface area (Å²) in [7, 11) is 0. The van der Waals surface area contributed by atoms with Crippen LogP contribution in [0.15, 0.2) is 23.3 Å². The predicted octanol–water partition coefficient (Wildman–Crippen LogP) is 2.47. The molecule has 6 heteroatoms. The topological polar surface area (TPSA) is 70.6 Å². The number of amides is 2. The van der Waals surface area contributed by atoms with Gasteiger partial charge in [0.2, 0.25) is 5.91 Å². The van der Waals surface area contributed by atoms with E-state index in [4.69, 9.17) is 0 Å². The largest absolute Gasteiger partial charge is 0.325 e. The normalized spacial score (nSPS) is 23.8. The highest BCUT2D eigenvalue weighted by Crippen LogP contribution is 2.38. The van der Waals surface area contributed by atoms with Gasteiger partial charge in [0, 0.05) is 5.69 Å². The van der Waals surface area contributed by atoms with E-state index in [1.165, 1.54) is 11.8 Å². The van der Waals surface area contributed by atoms with Crippen LogP contribution >= 0.6 is 11.8 Å². The number of carbonyl (C=O) groups excluding carboxylic acids is 2. The zero-order valence-electron chi connectivity index (χ0n) is 11.5. The van der Waals surface area contributed by atoms with Gasteiger partial charge in [-0.05, 0) is 44.0 Å². The Bertz CT molecular complexity index is 652. The van der Waals surface area contributed by atoms with Crippen molar-refractivity contribution in [1.29, 1.82) is 0 Å². The predicted molar refractivity (Wildman–Crippen MR) is 80.2 cm³/mol. The van der Waals surface area contributed by atoms with Crippen molar-refractivity contribution in [3.63, 3.8) is 0 Å². The summed E-state index contributed by atoms with van der Waals surface area (Å²) in [4.78, 5) is 23.2. The number of hydrazone groups is 1. The zero-order chi connectivity index (χ0) is 14.5. The fourth-order valence-electron chi connectivity index (χ4n) is 2.47. The first-order chi connectivity index (χ1) is 9.39. The molecule has 1 aromatic carbocycles. The minimum atomic E-state index is -0.541. The Morgan fingerprint density at radius 3 is 2.75 bits per heavy atom. The molecule has 1 atom stereocenters. The third-order valence-corrected chi connectivity index (χ3v) is 4.62. The highest BCUT2D eigenvalue weighted by atomic mass is 32.2. The lowest BCUT2D eigenvalue weighted by Crippen LogP contribution is -2.30. The lowest BCUT2D eigenvalue weighted by atomic mass is 9.85. The van der Waals surface area contributed by atoms with Gasteiger partial charge in [-0.2, -0.15) is 5.10 Å². The molecule has 5 nitrogen and oxygen atoms in total. The SMILES string of the molecule is C[C@@H]1SC(=O)NN=C1c1ccc2c(c1)C(C)(C)C(=O)N2. The first-order valence-corrected chi connectivity index (χ1v) is 7.28. The molecule has 2 heterocycles. The van der Waals surface area contributed by atoms with Crippen molar-refractivity contribution in [3.05, 3.63) is 29.3 Å². The Morgan fingerprint density at radius 2 is 2.05 bits per heavy atom. The number of rotatable bonds is 1. The summed E-state index contributed by atoms with van der Waals surface area (Å²) in [5, 5.41) is 6.88. The van der Waals surface area contributed by atoms with Gasteiger partial charge < -0.3 is 5.32 Å². The third kappa shape index (κ3) is 1.91. The number of fused-ring (bicyclic) bond motifs is 1. The molecule has 3 rings (SSSR count). The second-order valence-electron chi connectivity index (χ2n) is 5.50. The van der Waals surface area contributed by atoms with Crippen LogP contribution in [0.4, 0.5) is 10.5 Å². The average molecular weight is 289 g/mol. The van der Waals surface area contributed by atoms with E-state index in [0.717, 1.165) is 22.5 Å². The number of nitrogens with one attached hydrogen (secondary N) is 2. The smallest absolute Gasteiger partial charge is 0.299 e. The summed E-state index contributed by atoms with van der Waals surface area (Å²) >= 11 is 1.21. The Kier molecular flexibility index (Phi) is 2.86. The van der Waals surface area contributed by atoms with Crippen LogP contribution in [0.5, 0.6) is 0 Å². The van der Waals surface area contributed by atoms with Crippen LogP contribution in [0.25, 0.3) is 0 Å². The molecule has 0 radical (unpaired) electrons. The Balaban J connectivity index is 2.05. The van der Waals surface area contributed by atoms with E-state index in [0.29, 0.717) is 0 Å². The van der Waals surface area contributed by atoms with Crippen LogP contribution in [-0.4, -0.2) is 22.1 Å². The summed E-state index contributed by atoms with van der Waals surface area (Å²) < 4.78 is 0. The number of thioether (sulfide) groups is 1. The standard InChI is InChI=1S/C14H15N3O2S/c1-7-11(16-17-13(19)20-7)8-4-5-10-9(6-8)14(2,3)12(18)15-10/h4-7H,1-3H3,(H,15,18)(H,17,19)/t7-/m0/s1. The summed E-state index contributed by atoms with van der Waals surface area (Å²) in [5.74, 6) is 0.00552. The van der Waals surface area contributed by atoms with Gasteiger partial charge in [0.05, 0.1) is 16.4 Å². The van der Waals surface area contributed by atoms with Crippen molar-refractivity contribution >= 4 is 34.3 Å². The van der Waals surface area contributed by atoms with Crippen LogP contribution in [0.2, 0.25) is 0 Å². The van der Waals surface area contributed by atoms with Gasteiger partial charge in [0.15, 0.2) is 0 Å². The van der Waals surface area contributed by atoms with Gasteiger partial charge in [-0.15, -0.1) is 0 Å². The number of hydrogen-bond donors (Lipinski definition) is 2. The maximum absolute atomic E-state index is 11.9. The highest BCUT2D eigenvalue weighted by molar-refractivity contribution is 8.14.